The predicted octanol–water partition coefficient (Wildman–Crippen LogP) is 6.49. The maximum atomic E-state index is 13.5. The van der Waals surface area contributed by atoms with Crippen molar-refractivity contribution < 1.29 is 14.2 Å². The van der Waals surface area contributed by atoms with Crippen molar-refractivity contribution in [3.63, 3.8) is 0 Å². The molecule has 1 N–H and O–H groups in total. The van der Waals surface area contributed by atoms with Gasteiger partial charge in [-0.25, -0.2) is 4.98 Å². The number of hydrogen-bond acceptors (Lipinski definition) is 3. The first kappa shape index (κ1) is 19.2. The number of halogens is 1. The van der Waals surface area contributed by atoms with Crippen molar-refractivity contribution in [1.82, 2.24) is 4.98 Å². The number of pyridine rings is 1. The van der Waals surface area contributed by atoms with Gasteiger partial charge in [0, 0.05) is 5.56 Å². The molecule has 27 heavy (non-hydrogen) atoms. The molecular weight excluding hydrogens is 341 g/mol. The van der Waals surface area contributed by atoms with Crippen LogP contribution in [0.15, 0.2) is 48.5 Å². The van der Waals surface area contributed by atoms with Crippen LogP contribution in [0, 0.1) is 5.95 Å². The van der Waals surface area contributed by atoms with Gasteiger partial charge >= 0.3 is 0 Å². The van der Waals surface area contributed by atoms with Crippen LogP contribution in [0.1, 0.15) is 45.4 Å². The monoisotopic (exact) mass is 367 g/mol. The smallest absolute Gasteiger partial charge is 0.255 e. The quantitative estimate of drug-likeness (QED) is 0.347. The Labute approximate surface area is 159 Å². The lowest BCUT2D eigenvalue weighted by Gasteiger charge is -2.09. The summed E-state index contributed by atoms with van der Waals surface area (Å²) in [5, 5.41) is 11.4. The minimum atomic E-state index is -0.856. The maximum absolute atomic E-state index is 13.5. The molecule has 0 aliphatic heterocycles. The summed E-state index contributed by atoms with van der Waals surface area (Å²) < 4.78 is 19.4. The standard InChI is InChI=1S/C23H26FNO2/c1-2-3-4-5-6-7-14-27-20-11-10-17-15-19(9-8-18(17)16-20)21-12-13-22(26)23(24)25-21/h8-13,15-16,26H,2-7,14H2,1H3. The highest BCUT2D eigenvalue weighted by atomic mass is 19.1. The van der Waals surface area contributed by atoms with Crippen LogP contribution in [-0.4, -0.2) is 16.7 Å². The molecule has 3 nitrogen and oxygen atoms in total. The van der Waals surface area contributed by atoms with Gasteiger partial charge in [-0.15, -0.1) is 0 Å². The maximum Gasteiger partial charge on any atom is 0.255 e. The summed E-state index contributed by atoms with van der Waals surface area (Å²) in [4.78, 5) is 3.80. The molecule has 0 bridgehead atoms. The molecule has 2 aromatic carbocycles. The zero-order chi connectivity index (χ0) is 19.1. The normalized spacial score (nSPS) is 11.0. The SMILES string of the molecule is CCCCCCCCOc1ccc2cc(-c3ccc(O)c(F)n3)ccc2c1. The lowest BCUT2D eigenvalue weighted by molar-refractivity contribution is 0.305. The molecule has 0 spiro atoms. The number of nitrogens with zero attached hydrogens (tertiary/aromatic N) is 1. The number of hydrogen-bond donors (Lipinski definition) is 1. The molecule has 0 saturated heterocycles. The highest BCUT2D eigenvalue weighted by Gasteiger charge is 2.07. The number of aromatic nitrogens is 1. The number of aromatic hydroxyl groups is 1. The van der Waals surface area contributed by atoms with E-state index in [4.69, 9.17) is 4.74 Å². The second-order valence-corrected chi connectivity index (χ2v) is 6.85. The van der Waals surface area contributed by atoms with Crippen LogP contribution >= 0.6 is 0 Å². The third-order valence-corrected chi connectivity index (χ3v) is 4.70. The zero-order valence-electron chi connectivity index (χ0n) is 15.7. The van der Waals surface area contributed by atoms with Crippen LogP contribution in [0.4, 0.5) is 4.39 Å². The van der Waals surface area contributed by atoms with Gasteiger partial charge in [0.15, 0.2) is 5.75 Å². The summed E-state index contributed by atoms with van der Waals surface area (Å²) in [5.41, 5.74) is 1.30. The third-order valence-electron chi connectivity index (χ3n) is 4.70. The zero-order valence-corrected chi connectivity index (χ0v) is 15.7. The van der Waals surface area contributed by atoms with Gasteiger partial charge < -0.3 is 9.84 Å². The van der Waals surface area contributed by atoms with Crippen LogP contribution in [0.25, 0.3) is 22.0 Å². The summed E-state index contributed by atoms with van der Waals surface area (Å²) in [5.74, 6) is -0.421. The van der Waals surface area contributed by atoms with Crippen LogP contribution in [0.5, 0.6) is 11.5 Å². The van der Waals surface area contributed by atoms with E-state index in [1.165, 1.54) is 38.2 Å². The van der Waals surface area contributed by atoms with Crippen LogP contribution in [-0.2, 0) is 0 Å². The van der Waals surface area contributed by atoms with Crippen molar-refractivity contribution in [2.45, 2.75) is 45.4 Å². The third kappa shape index (κ3) is 5.19. The predicted molar refractivity (Wildman–Crippen MR) is 108 cm³/mol. The molecule has 0 radical (unpaired) electrons. The van der Waals surface area contributed by atoms with Gasteiger partial charge in [0.25, 0.3) is 5.95 Å². The van der Waals surface area contributed by atoms with Crippen molar-refractivity contribution in [1.29, 1.82) is 0 Å². The molecule has 3 aromatic rings. The molecule has 0 aliphatic carbocycles. The molecule has 4 heteroatoms. The van der Waals surface area contributed by atoms with Gasteiger partial charge in [0.05, 0.1) is 12.3 Å². The molecule has 1 aromatic heterocycles. The summed E-state index contributed by atoms with van der Waals surface area (Å²) in [7, 11) is 0. The van der Waals surface area contributed by atoms with Crippen molar-refractivity contribution in [3.8, 4) is 22.8 Å². The Morgan fingerprint density at radius 3 is 2.44 bits per heavy atom. The van der Waals surface area contributed by atoms with E-state index < -0.39 is 11.7 Å². The molecule has 142 valence electrons. The second-order valence-electron chi connectivity index (χ2n) is 6.85. The van der Waals surface area contributed by atoms with Gasteiger partial charge in [-0.1, -0.05) is 57.2 Å². The first-order valence-corrected chi connectivity index (χ1v) is 9.70. The van der Waals surface area contributed by atoms with Crippen molar-refractivity contribution >= 4 is 10.8 Å². The van der Waals surface area contributed by atoms with Crippen LogP contribution < -0.4 is 4.74 Å². The topological polar surface area (TPSA) is 42.4 Å². The van der Waals surface area contributed by atoms with Crippen molar-refractivity contribution in [2.75, 3.05) is 6.61 Å². The summed E-state index contributed by atoms with van der Waals surface area (Å²) in [6.45, 7) is 2.97. The lowest BCUT2D eigenvalue weighted by atomic mass is 10.0. The molecule has 0 atom stereocenters. The summed E-state index contributed by atoms with van der Waals surface area (Å²) in [6.07, 6.45) is 7.48. The molecule has 0 fully saturated rings. The Morgan fingerprint density at radius 2 is 1.63 bits per heavy atom. The first-order valence-electron chi connectivity index (χ1n) is 9.70. The van der Waals surface area contributed by atoms with Gasteiger partial charge in [-0.3, -0.25) is 0 Å². The fraction of sp³-hybridized carbons (Fsp3) is 0.348. The molecule has 0 unspecified atom stereocenters. The molecule has 0 saturated carbocycles. The number of rotatable bonds is 9. The van der Waals surface area contributed by atoms with Gasteiger partial charge in [-0.05, 0) is 47.5 Å². The number of benzene rings is 2. The van der Waals surface area contributed by atoms with Gasteiger partial charge in [-0.2, -0.15) is 4.39 Å². The Kier molecular flexibility index (Phi) is 6.64. The summed E-state index contributed by atoms with van der Waals surface area (Å²) >= 11 is 0. The fourth-order valence-electron chi connectivity index (χ4n) is 3.13. The largest absolute Gasteiger partial charge is 0.504 e. The molecule has 0 aliphatic rings. The van der Waals surface area contributed by atoms with Gasteiger partial charge in [0.1, 0.15) is 5.75 Å². The Bertz CT molecular complexity index is 895. The Morgan fingerprint density at radius 1 is 0.889 bits per heavy atom. The first-order chi connectivity index (χ1) is 13.2. The van der Waals surface area contributed by atoms with Gasteiger partial charge in [0.2, 0.25) is 0 Å². The van der Waals surface area contributed by atoms with Crippen LogP contribution in [0.3, 0.4) is 0 Å². The minimum Gasteiger partial charge on any atom is -0.504 e. The number of unbranched alkanes of at least 4 members (excludes halogenated alkanes) is 5. The molecule has 3 rings (SSSR count). The van der Waals surface area contributed by atoms with Crippen molar-refractivity contribution in [2.24, 2.45) is 0 Å². The van der Waals surface area contributed by atoms with E-state index in [1.54, 1.807) is 6.07 Å². The van der Waals surface area contributed by atoms with E-state index >= 15 is 0 Å². The Hall–Kier alpha value is -2.62. The summed E-state index contributed by atoms with van der Waals surface area (Å²) in [6, 6.07) is 14.8. The number of fused-ring (bicyclic) bond motifs is 1. The van der Waals surface area contributed by atoms with E-state index in [0.29, 0.717) is 5.69 Å². The van der Waals surface area contributed by atoms with Crippen LogP contribution in [0.2, 0.25) is 0 Å². The van der Waals surface area contributed by atoms with E-state index in [2.05, 4.69) is 11.9 Å². The highest BCUT2D eigenvalue weighted by Crippen LogP contribution is 2.27. The Balaban J connectivity index is 1.62. The van der Waals surface area contributed by atoms with E-state index in [9.17, 15) is 9.50 Å². The van der Waals surface area contributed by atoms with E-state index in [-0.39, 0.29) is 0 Å². The number of ether oxygens (including phenoxy) is 1. The average molecular weight is 367 g/mol. The molecule has 1 heterocycles. The molecular formula is C23H26FNO2. The molecule has 0 amide bonds. The fourth-order valence-corrected chi connectivity index (χ4v) is 3.13. The average Bonchev–Trinajstić information content (AvgIpc) is 2.69. The van der Waals surface area contributed by atoms with E-state index in [0.717, 1.165) is 35.1 Å². The minimum absolute atomic E-state index is 0.438. The highest BCUT2D eigenvalue weighted by molar-refractivity contribution is 5.87. The second kappa shape index (κ2) is 9.36. The van der Waals surface area contributed by atoms with E-state index in [1.807, 2.05) is 36.4 Å². The van der Waals surface area contributed by atoms with Crippen molar-refractivity contribution in [3.05, 3.63) is 54.5 Å². The lowest BCUT2D eigenvalue weighted by Crippen LogP contribution is -1.97.